The van der Waals surface area contributed by atoms with Gasteiger partial charge in [0.25, 0.3) is 0 Å². The molecule has 94 valence electrons. The van der Waals surface area contributed by atoms with E-state index in [-0.39, 0.29) is 5.69 Å². The van der Waals surface area contributed by atoms with Crippen LogP contribution in [0, 0.1) is 5.82 Å². The Morgan fingerprint density at radius 1 is 1.00 bits per heavy atom. The lowest BCUT2D eigenvalue weighted by Crippen LogP contribution is -2.03. The number of hydrogen-bond acceptors (Lipinski definition) is 4. The third-order valence-corrected chi connectivity index (χ3v) is 2.75. The maximum atomic E-state index is 13.8. The molecule has 6 heteroatoms. The van der Waals surface area contributed by atoms with Crippen molar-refractivity contribution in [1.82, 2.24) is 20.2 Å². The molecule has 2 N–H and O–H groups in total. The molecule has 0 spiro atoms. The topological polar surface area (TPSA) is 69.6 Å². The van der Waals surface area contributed by atoms with Gasteiger partial charge >= 0.3 is 0 Å². The molecule has 0 atom stereocenters. The second kappa shape index (κ2) is 4.49. The van der Waals surface area contributed by atoms with Gasteiger partial charge in [-0.3, -0.25) is 0 Å². The predicted octanol–water partition coefficient (Wildman–Crippen LogP) is 2.05. The monoisotopic (exact) mass is 255 g/mol. The van der Waals surface area contributed by atoms with E-state index in [2.05, 4.69) is 15.5 Å². The first kappa shape index (κ1) is 11.3. The number of nitrogens with two attached hydrogens (primary N) is 1. The lowest BCUT2D eigenvalue weighted by atomic mass is 10.1. The lowest BCUT2D eigenvalue weighted by Gasteiger charge is -2.07. The Morgan fingerprint density at radius 2 is 1.74 bits per heavy atom. The minimum absolute atomic E-state index is 0.283. The number of benzene rings is 2. The molecular formula is C13H10FN5. The summed E-state index contributed by atoms with van der Waals surface area (Å²) >= 11 is 0. The molecular weight excluding hydrogens is 245 g/mol. The molecule has 0 radical (unpaired) electrons. The summed E-state index contributed by atoms with van der Waals surface area (Å²) in [6, 6.07) is 13.5. The van der Waals surface area contributed by atoms with Crippen LogP contribution in [0.15, 0.2) is 48.5 Å². The highest BCUT2D eigenvalue weighted by Gasteiger charge is 2.15. The standard InChI is InChI=1S/C13H10FN5/c14-10-6-2-4-8-12(10)19-13(16-17-18-19)9-5-1-3-7-11(9)15/h1-8H,15H2. The Hall–Kier alpha value is -2.76. The number of nitrogens with zero attached hydrogens (tertiary/aromatic N) is 4. The number of tetrazole rings is 1. The predicted molar refractivity (Wildman–Crippen MR) is 69.0 cm³/mol. The zero-order valence-corrected chi connectivity index (χ0v) is 9.86. The van der Waals surface area contributed by atoms with Crippen molar-refractivity contribution in [3.05, 3.63) is 54.3 Å². The zero-order valence-electron chi connectivity index (χ0n) is 9.86. The highest BCUT2D eigenvalue weighted by molar-refractivity contribution is 5.72. The van der Waals surface area contributed by atoms with Crippen molar-refractivity contribution < 1.29 is 4.39 Å². The van der Waals surface area contributed by atoms with Gasteiger partial charge in [-0.25, -0.2) is 4.39 Å². The fourth-order valence-corrected chi connectivity index (χ4v) is 1.84. The van der Waals surface area contributed by atoms with E-state index in [0.29, 0.717) is 17.1 Å². The van der Waals surface area contributed by atoms with E-state index in [9.17, 15) is 4.39 Å². The summed E-state index contributed by atoms with van der Waals surface area (Å²) in [6.07, 6.45) is 0. The van der Waals surface area contributed by atoms with Crippen LogP contribution in [0.1, 0.15) is 0 Å². The van der Waals surface area contributed by atoms with Crippen LogP contribution >= 0.6 is 0 Å². The summed E-state index contributed by atoms with van der Waals surface area (Å²) in [5.41, 5.74) is 7.38. The van der Waals surface area contributed by atoms with Gasteiger partial charge in [0.15, 0.2) is 5.82 Å². The van der Waals surface area contributed by atoms with E-state index in [0.717, 1.165) is 0 Å². The largest absolute Gasteiger partial charge is 0.398 e. The second-order valence-corrected chi connectivity index (χ2v) is 3.95. The van der Waals surface area contributed by atoms with Crippen LogP contribution in [-0.4, -0.2) is 20.2 Å². The second-order valence-electron chi connectivity index (χ2n) is 3.95. The zero-order chi connectivity index (χ0) is 13.2. The smallest absolute Gasteiger partial charge is 0.189 e. The Bertz CT molecular complexity index is 662. The van der Waals surface area contributed by atoms with E-state index in [4.69, 9.17) is 5.73 Å². The van der Waals surface area contributed by atoms with Crippen molar-refractivity contribution in [3.63, 3.8) is 0 Å². The molecule has 0 saturated heterocycles. The van der Waals surface area contributed by atoms with Gasteiger partial charge in [0.05, 0.1) is 0 Å². The molecule has 0 amide bonds. The molecule has 1 aromatic heterocycles. The van der Waals surface area contributed by atoms with Crippen LogP contribution < -0.4 is 5.73 Å². The van der Waals surface area contributed by atoms with Crippen molar-refractivity contribution in [2.24, 2.45) is 0 Å². The van der Waals surface area contributed by atoms with Gasteiger partial charge in [0, 0.05) is 11.3 Å². The molecule has 0 fully saturated rings. The lowest BCUT2D eigenvalue weighted by molar-refractivity contribution is 0.608. The summed E-state index contributed by atoms with van der Waals surface area (Å²) < 4.78 is 15.1. The number of para-hydroxylation sites is 2. The SMILES string of the molecule is Nc1ccccc1-c1nnnn1-c1ccccc1F. The van der Waals surface area contributed by atoms with Gasteiger partial charge < -0.3 is 5.73 Å². The molecule has 19 heavy (non-hydrogen) atoms. The van der Waals surface area contributed by atoms with Crippen LogP contribution in [0.2, 0.25) is 0 Å². The minimum atomic E-state index is -0.398. The molecule has 2 aromatic carbocycles. The summed E-state index contributed by atoms with van der Waals surface area (Å²) in [5.74, 6) is 0.00810. The van der Waals surface area contributed by atoms with Gasteiger partial charge in [0.1, 0.15) is 11.5 Å². The van der Waals surface area contributed by atoms with Crippen molar-refractivity contribution in [2.75, 3.05) is 5.73 Å². The molecule has 5 nitrogen and oxygen atoms in total. The molecule has 3 rings (SSSR count). The fourth-order valence-electron chi connectivity index (χ4n) is 1.84. The molecule has 0 unspecified atom stereocenters. The Labute approximate surface area is 108 Å². The van der Waals surface area contributed by atoms with E-state index >= 15 is 0 Å². The summed E-state index contributed by atoms with van der Waals surface area (Å²) in [6.45, 7) is 0. The average Bonchev–Trinajstić information content (AvgIpc) is 2.89. The van der Waals surface area contributed by atoms with E-state index < -0.39 is 5.82 Å². The first-order valence-electron chi connectivity index (χ1n) is 5.65. The third kappa shape index (κ3) is 1.93. The maximum absolute atomic E-state index is 13.8. The summed E-state index contributed by atoms with van der Waals surface area (Å²) in [5, 5.41) is 11.3. The number of rotatable bonds is 2. The molecule has 0 saturated carbocycles. The number of hydrogen-bond donors (Lipinski definition) is 1. The van der Waals surface area contributed by atoms with Crippen LogP contribution in [0.3, 0.4) is 0 Å². The molecule has 3 aromatic rings. The molecule has 1 heterocycles. The van der Waals surface area contributed by atoms with Gasteiger partial charge in [-0.2, -0.15) is 4.68 Å². The normalized spacial score (nSPS) is 10.6. The van der Waals surface area contributed by atoms with E-state index in [1.807, 2.05) is 12.1 Å². The number of anilines is 1. The van der Waals surface area contributed by atoms with E-state index in [1.54, 1.807) is 30.3 Å². The summed E-state index contributed by atoms with van der Waals surface area (Å²) in [4.78, 5) is 0. The van der Waals surface area contributed by atoms with Gasteiger partial charge in [-0.1, -0.05) is 24.3 Å². The number of aromatic nitrogens is 4. The van der Waals surface area contributed by atoms with Crippen LogP contribution in [0.4, 0.5) is 10.1 Å². The van der Waals surface area contributed by atoms with Crippen molar-refractivity contribution in [3.8, 4) is 17.1 Å². The molecule has 0 bridgehead atoms. The fraction of sp³-hybridized carbons (Fsp3) is 0. The molecule has 0 aliphatic heterocycles. The third-order valence-electron chi connectivity index (χ3n) is 2.75. The Morgan fingerprint density at radius 3 is 2.53 bits per heavy atom. The first-order valence-corrected chi connectivity index (χ1v) is 5.65. The summed E-state index contributed by atoms with van der Waals surface area (Å²) in [7, 11) is 0. The van der Waals surface area contributed by atoms with Crippen LogP contribution in [-0.2, 0) is 0 Å². The molecule has 0 aliphatic carbocycles. The average molecular weight is 255 g/mol. The highest BCUT2D eigenvalue weighted by Crippen LogP contribution is 2.25. The van der Waals surface area contributed by atoms with Gasteiger partial charge in [0.2, 0.25) is 0 Å². The molecule has 0 aliphatic rings. The number of halogens is 1. The van der Waals surface area contributed by atoms with E-state index in [1.165, 1.54) is 10.7 Å². The number of nitrogen functional groups attached to an aromatic ring is 1. The van der Waals surface area contributed by atoms with Crippen molar-refractivity contribution in [2.45, 2.75) is 0 Å². The Kier molecular flexibility index (Phi) is 2.68. The van der Waals surface area contributed by atoms with Crippen LogP contribution in [0.5, 0.6) is 0 Å². The quantitative estimate of drug-likeness (QED) is 0.711. The first-order chi connectivity index (χ1) is 9.27. The van der Waals surface area contributed by atoms with Gasteiger partial charge in [-0.15, -0.1) is 5.10 Å². The maximum Gasteiger partial charge on any atom is 0.189 e. The minimum Gasteiger partial charge on any atom is -0.398 e. The van der Waals surface area contributed by atoms with Gasteiger partial charge in [-0.05, 0) is 34.7 Å². The van der Waals surface area contributed by atoms with Crippen LogP contribution in [0.25, 0.3) is 17.1 Å². The van der Waals surface area contributed by atoms with Crippen molar-refractivity contribution >= 4 is 5.69 Å². The highest BCUT2D eigenvalue weighted by atomic mass is 19.1. The van der Waals surface area contributed by atoms with Crippen molar-refractivity contribution in [1.29, 1.82) is 0 Å². The Balaban J connectivity index is 2.20.